The molecule has 0 aromatic carbocycles. The first-order chi connectivity index (χ1) is 16.0. The molecule has 0 spiro atoms. The number of carbonyl (C=O) groups is 2. The maximum atomic E-state index is 13.4. The van der Waals surface area contributed by atoms with Crippen molar-refractivity contribution in [2.75, 3.05) is 33.4 Å². The van der Waals surface area contributed by atoms with Crippen molar-refractivity contribution in [3.8, 4) is 0 Å². The third-order valence-corrected chi connectivity index (χ3v) is 6.58. The fourth-order valence-electron chi connectivity index (χ4n) is 4.43. The highest BCUT2D eigenvalue weighted by Gasteiger charge is 2.41. The van der Waals surface area contributed by atoms with Gasteiger partial charge in [0.05, 0.1) is 19.3 Å². The van der Waals surface area contributed by atoms with Crippen LogP contribution in [0.5, 0.6) is 0 Å². The minimum atomic E-state index is -0.656. The number of rotatable bonds is 10. The number of morpholine rings is 1. The molecule has 0 unspecified atom stereocenters. The van der Waals surface area contributed by atoms with E-state index in [0.29, 0.717) is 25.6 Å². The first-order valence-electron chi connectivity index (χ1n) is 12.1. The number of nitrogens with zero attached hydrogens (tertiary/aromatic N) is 2. The highest BCUT2D eigenvalue weighted by molar-refractivity contribution is 5.82. The number of ether oxygens (including phenoxy) is 2. The second-order valence-corrected chi connectivity index (χ2v) is 9.32. The van der Waals surface area contributed by atoms with Crippen LogP contribution in [0.3, 0.4) is 0 Å². The second-order valence-electron chi connectivity index (χ2n) is 9.32. The number of nitrogens with one attached hydrogen (secondary N) is 2. The lowest BCUT2D eigenvalue weighted by Gasteiger charge is -2.36. The zero-order valence-corrected chi connectivity index (χ0v) is 19.5. The number of methoxy groups -OCH3 is 1. The smallest absolute Gasteiger partial charge is 0.406 e. The predicted molar refractivity (Wildman–Crippen MR) is 121 cm³/mol. The number of alkyl carbamates (subject to hydrolysis) is 1. The quantitative estimate of drug-likeness (QED) is 0.520. The number of hydrogen-bond acceptors (Lipinski definition) is 6. The normalized spacial score (nSPS) is 23.6. The minimum absolute atomic E-state index is 0.0655. The summed E-state index contributed by atoms with van der Waals surface area (Å²) in [6, 6.07) is 4.31. The fraction of sp³-hybridized carbons (Fsp3) is 0.708. The topological polar surface area (TPSA) is 92.8 Å². The summed E-state index contributed by atoms with van der Waals surface area (Å²) in [7, 11) is 1.35. The third kappa shape index (κ3) is 6.20. The van der Waals surface area contributed by atoms with Crippen LogP contribution in [-0.4, -0.2) is 73.6 Å². The largest absolute Gasteiger partial charge is 0.453 e. The van der Waals surface area contributed by atoms with Gasteiger partial charge in [-0.1, -0.05) is 0 Å². The Morgan fingerprint density at radius 1 is 1.30 bits per heavy atom. The van der Waals surface area contributed by atoms with E-state index in [4.69, 9.17) is 9.72 Å². The number of carbonyl (C=O) groups excluding carboxylic acids is 2. The molecule has 1 aromatic heterocycles. The summed E-state index contributed by atoms with van der Waals surface area (Å²) in [4.78, 5) is 31.5. The van der Waals surface area contributed by atoms with Gasteiger partial charge in [0.1, 0.15) is 12.8 Å². The Bertz CT molecular complexity index is 846. The van der Waals surface area contributed by atoms with Crippen LogP contribution in [0.2, 0.25) is 0 Å². The van der Waals surface area contributed by atoms with Crippen molar-refractivity contribution in [2.24, 2.45) is 0 Å². The van der Waals surface area contributed by atoms with Gasteiger partial charge < -0.3 is 25.0 Å². The van der Waals surface area contributed by atoms with Gasteiger partial charge in [-0.2, -0.15) is 0 Å². The van der Waals surface area contributed by atoms with Crippen molar-refractivity contribution < 1.29 is 23.5 Å². The van der Waals surface area contributed by atoms with E-state index in [9.17, 15) is 14.0 Å². The molecule has 1 aliphatic heterocycles. The molecule has 2 amide bonds. The van der Waals surface area contributed by atoms with Gasteiger partial charge in [0, 0.05) is 43.0 Å². The van der Waals surface area contributed by atoms with E-state index < -0.39 is 25.0 Å². The van der Waals surface area contributed by atoms with E-state index in [-0.39, 0.29) is 18.0 Å². The summed E-state index contributed by atoms with van der Waals surface area (Å²) in [5.41, 5.74) is 3.14. The van der Waals surface area contributed by atoms with Gasteiger partial charge in [-0.25, -0.2) is 9.18 Å². The van der Waals surface area contributed by atoms with Gasteiger partial charge >= 0.3 is 6.09 Å². The molecule has 182 valence electrons. The summed E-state index contributed by atoms with van der Waals surface area (Å²) in [6.45, 7) is 2.82. The Balaban J connectivity index is 1.48. The van der Waals surface area contributed by atoms with E-state index >= 15 is 0 Å². The molecule has 9 heteroatoms. The van der Waals surface area contributed by atoms with E-state index in [1.807, 2.05) is 4.90 Å². The average molecular weight is 463 g/mol. The molecule has 8 nitrogen and oxygen atoms in total. The Kier molecular flexibility index (Phi) is 7.80. The number of aromatic nitrogens is 1. The second kappa shape index (κ2) is 10.8. The zero-order valence-electron chi connectivity index (χ0n) is 19.5. The summed E-state index contributed by atoms with van der Waals surface area (Å²) >= 11 is 0. The summed E-state index contributed by atoms with van der Waals surface area (Å²) in [5.74, 6) is 0.426. The first kappa shape index (κ1) is 23.9. The SMILES string of the molecule is COC(=O)NCCCc1cc([C@@H](C)N(C(=O)[C@H]2CNC[C@@H](CF)O2)C2CC2)cc(C2CC2)n1. The molecule has 2 aliphatic carbocycles. The standard InChI is InChI=1S/C24H35FN4O4/c1-15(29(19-7-8-19)23(30)22-14-26-13-20(12-25)33-22)17-10-18(4-3-9-27-24(31)32-2)28-21(11-17)16-5-6-16/h10-11,15-16,19-20,22,26H,3-9,12-14H2,1-2H3,(H,27,31)/t15-,20-,22-/m1/s1. The summed E-state index contributed by atoms with van der Waals surface area (Å²) in [5, 5.41) is 5.83. The molecule has 33 heavy (non-hydrogen) atoms. The summed E-state index contributed by atoms with van der Waals surface area (Å²) < 4.78 is 23.5. The Hall–Kier alpha value is -2.26. The van der Waals surface area contributed by atoms with Gasteiger partial charge in [0.25, 0.3) is 5.91 Å². The van der Waals surface area contributed by atoms with Gasteiger partial charge in [-0.3, -0.25) is 9.78 Å². The average Bonchev–Trinajstić information content (AvgIpc) is 3.75. The molecule has 0 radical (unpaired) electrons. The molecule has 4 rings (SSSR count). The molecule has 2 saturated carbocycles. The van der Waals surface area contributed by atoms with Crippen LogP contribution in [0.25, 0.3) is 0 Å². The lowest BCUT2D eigenvalue weighted by molar-refractivity contribution is -0.154. The molecule has 3 fully saturated rings. The lowest BCUT2D eigenvalue weighted by atomic mass is 10.0. The molecule has 2 N–H and O–H groups in total. The molecular weight excluding hydrogens is 427 g/mol. The van der Waals surface area contributed by atoms with Crippen LogP contribution >= 0.6 is 0 Å². The number of alkyl halides is 1. The van der Waals surface area contributed by atoms with Crippen molar-refractivity contribution in [1.29, 1.82) is 0 Å². The van der Waals surface area contributed by atoms with Gasteiger partial charge in [-0.15, -0.1) is 0 Å². The highest BCUT2D eigenvalue weighted by atomic mass is 19.1. The van der Waals surface area contributed by atoms with Crippen molar-refractivity contribution >= 4 is 12.0 Å². The Labute approximate surface area is 194 Å². The minimum Gasteiger partial charge on any atom is -0.453 e. The number of hydrogen-bond donors (Lipinski definition) is 2. The number of halogens is 1. The number of amides is 2. The highest BCUT2D eigenvalue weighted by Crippen LogP contribution is 2.41. The van der Waals surface area contributed by atoms with Gasteiger partial charge in [0.15, 0.2) is 0 Å². The fourth-order valence-corrected chi connectivity index (χ4v) is 4.43. The van der Waals surface area contributed by atoms with Crippen molar-refractivity contribution in [2.45, 2.75) is 75.7 Å². The molecule has 3 atom stereocenters. The Morgan fingerprint density at radius 3 is 2.76 bits per heavy atom. The summed E-state index contributed by atoms with van der Waals surface area (Å²) in [6.07, 6.45) is 4.07. The number of aryl methyl sites for hydroxylation is 1. The predicted octanol–water partition coefficient (Wildman–Crippen LogP) is 2.63. The van der Waals surface area contributed by atoms with Crippen LogP contribution in [0, 0.1) is 0 Å². The van der Waals surface area contributed by atoms with Crippen molar-refractivity contribution in [3.05, 3.63) is 29.1 Å². The number of pyridine rings is 1. The monoisotopic (exact) mass is 462 g/mol. The van der Waals surface area contributed by atoms with E-state index in [0.717, 1.165) is 55.5 Å². The van der Waals surface area contributed by atoms with E-state index in [1.165, 1.54) is 7.11 Å². The van der Waals surface area contributed by atoms with Crippen LogP contribution in [0.15, 0.2) is 12.1 Å². The molecule has 0 bridgehead atoms. The maximum Gasteiger partial charge on any atom is 0.406 e. The molecular formula is C24H35FN4O4. The molecule has 1 saturated heterocycles. The maximum absolute atomic E-state index is 13.4. The molecule has 2 heterocycles. The van der Waals surface area contributed by atoms with E-state index in [2.05, 4.69) is 34.4 Å². The third-order valence-electron chi connectivity index (χ3n) is 6.58. The lowest BCUT2D eigenvalue weighted by Crippen LogP contribution is -2.54. The first-order valence-corrected chi connectivity index (χ1v) is 12.1. The Morgan fingerprint density at radius 2 is 2.09 bits per heavy atom. The van der Waals surface area contributed by atoms with Gasteiger partial charge in [0.2, 0.25) is 0 Å². The molecule has 1 aromatic rings. The van der Waals surface area contributed by atoms with Crippen molar-refractivity contribution in [3.63, 3.8) is 0 Å². The van der Waals surface area contributed by atoms with Crippen LogP contribution in [-0.2, 0) is 20.7 Å². The van der Waals surface area contributed by atoms with Crippen LogP contribution < -0.4 is 10.6 Å². The van der Waals surface area contributed by atoms with Crippen LogP contribution in [0.1, 0.15) is 67.9 Å². The van der Waals surface area contributed by atoms with Crippen LogP contribution in [0.4, 0.5) is 9.18 Å². The van der Waals surface area contributed by atoms with Crippen molar-refractivity contribution in [1.82, 2.24) is 20.5 Å². The van der Waals surface area contributed by atoms with Gasteiger partial charge in [-0.05, 0) is 63.1 Å². The zero-order chi connectivity index (χ0) is 23.4. The van der Waals surface area contributed by atoms with E-state index in [1.54, 1.807) is 0 Å². The molecule has 3 aliphatic rings.